The van der Waals surface area contributed by atoms with E-state index in [2.05, 4.69) is 49.6 Å². The molecule has 1 aromatic carbocycles. The zero-order valence-electron chi connectivity index (χ0n) is 11.0. The third kappa shape index (κ3) is 4.33. The lowest BCUT2D eigenvalue weighted by Gasteiger charge is -2.29. The van der Waals surface area contributed by atoms with E-state index >= 15 is 0 Å². The van der Waals surface area contributed by atoms with Crippen LogP contribution in [0.1, 0.15) is 25.3 Å². The third-order valence-corrected chi connectivity index (χ3v) is 3.10. The smallest absolute Gasteiger partial charge is 0.0163 e. The number of benzene rings is 1. The normalized spacial score (nSPS) is 13.0. The largest absolute Gasteiger partial charge is 0.330 e. The highest BCUT2D eigenvalue weighted by Crippen LogP contribution is 2.16. The van der Waals surface area contributed by atoms with Gasteiger partial charge in [-0.2, -0.15) is 0 Å². The van der Waals surface area contributed by atoms with Crippen molar-refractivity contribution in [3.63, 3.8) is 0 Å². The van der Waals surface area contributed by atoms with Gasteiger partial charge in [0.25, 0.3) is 0 Å². The second-order valence-corrected chi connectivity index (χ2v) is 4.68. The van der Waals surface area contributed by atoms with E-state index in [0.29, 0.717) is 18.5 Å². The fourth-order valence-electron chi connectivity index (χ4n) is 1.99. The van der Waals surface area contributed by atoms with Crippen LogP contribution in [0.3, 0.4) is 0 Å². The van der Waals surface area contributed by atoms with Gasteiger partial charge in [0, 0.05) is 31.6 Å². The first kappa shape index (κ1) is 13.9. The quantitative estimate of drug-likeness (QED) is 0.732. The van der Waals surface area contributed by atoms with Crippen LogP contribution in [0.25, 0.3) is 0 Å². The summed E-state index contributed by atoms with van der Waals surface area (Å²) in [5, 5.41) is 0. The zero-order chi connectivity index (χ0) is 12.7. The molecule has 1 rings (SSSR count). The van der Waals surface area contributed by atoms with Crippen LogP contribution >= 0.6 is 0 Å². The van der Waals surface area contributed by atoms with Crippen molar-refractivity contribution < 1.29 is 0 Å². The van der Waals surface area contributed by atoms with E-state index in [0.717, 1.165) is 13.1 Å². The van der Waals surface area contributed by atoms with E-state index in [9.17, 15) is 0 Å². The number of hydrogen-bond donors (Lipinski definition) is 1. The van der Waals surface area contributed by atoms with Crippen molar-refractivity contribution in [1.82, 2.24) is 4.90 Å². The predicted molar refractivity (Wildman–Crippen MR) is 75.1 cm³/mol. The number of rotatable bonds is 7. The van der Waals surface area contributed by atoms with Crippen molar-refractivity contribution in [1.29, 1.82) is 0 Å². The molecule has 2 N–H and O–H groups in total. The van der Waals surface area contributed by atoms with Crippen LogP contribution in [-0.4, -0.2) is 30.6 Å². The van der Waals surface area contributed by atoms with Crippen LogP contribution in [0, 0.1) is 0 Å². The van der Waals surface area contributed by atoms with Crippen LogP contribution in [0.15, 0.2) is 43.0 Å². The maximum Gasteiger partial charge on any atom is 0.0163 e. The van der Waals surface area contributed by atoms with Gasteiger partial charge in [-0.05, 0) is 19.4 Å². The first-order chi connectivity index (χ1) is 8.19. The molecule has 2 nitrogen and oxygen atoms in total. The fraction of sp³-hybridized carbons (Fsp3) is 0.467. The molecular formula is C15H24N2. The van der Waals surface area contributed by atoms with Crippen LogP contribution in [0.4, 0.5) is 0 Å². The standard InChI is InChI=1S/C15H24N2/c1-4-10-17(13(2)3)12-15(11-16)14-8-6-5-7-9-14/h4-9,13,15H,1,10-12,16H2,2-3H3. The molecule has 0 bridgehead atoms. The van der Waals surface area contributed by atoms with Crippen molar-refractivity contribution >= 4 is 0 Å². The highest BCUT2D eigenvalue weighted by molar-refractivity contribution is 5.20. The van der Waals surface area contributed by atoms with E-state index in [-0.39, 0.29) is 0 Å². The maximum atomic E-state index is 5.90. The van der Waals surface area contributed by atoms with Gasteiger partial charge in [0.2, 0.25) is 0 Å². The molecule has 2 heteroatoms. The molecule has 0 radical (unpaired) electrons. The van der Waals surface area contributed by atoms with Crippen molar-refractivity contribution in [2.45, 2.75) is 25.8 Å². The minimum Gasteiger partial charge on any atom is -0.330 e. The lowest BCUT2D eigenvalue weighted by Crippen LogP contribution is -2.36. The Balaban J connectivity index is 2.71. The van der Waals surface area contributed by atoms with Crippen LogP contribution in [-0.2, 0) is 0 Å². The predicted octanol–water partition coefficient (Wildman–Crippen LogP) is 2.63. The highest BCUT2D eigenvalue weighted by Gasteiger charge is 2.15. The monoisotopic (exact) mass is 232 g/mol. The number of nitrogens with two attached hydrogens (primary N) is 1. The maximum absolute atomic E-state index is 5.90. The molecule has 94 valence electrons. The average molecular weight is 232 g/mol. The van der Waals surface area contributed by atoms with Crippen LogP contribution in [0.5, 0.6) is 0 Å². The van der Waals surface area contributed by atoms with Gasteiger partial charge in [-0.1, -0.05) is 36.4 Å². The zero-order valence-corrected chi connectivity index (χ0v) is 11.0. The van der Waals surface area contributed by atoms with Gasteiger partial charge in [-0.3, -0.25) is 4.90 Å². The third-order valence-electron chi connectivity index (χ3n) is 3.10. The molecule has 1 atom stereocenters. The van der Waals surface area contributed by atoms with E-state index in [1.165, 1.54) is 5.56 Å². The topological polar surface area (TPSA) is 29.3 Å². The highest BCUT2D eigenvalue weighted by atomic mass is 15.1. The molecule has 0 aromatic heterocycles. The molecule has 0 saturated heterocycles. The summed E-state index contributed by atoms with van der Waals surface area (Å²) in [6, 6.07) is 11.0. The molecular weight excluding hydrogens is 208 g/mol. The van der Waals surface area contributed by atoms with Gasteiger partial charge < -0.3 is 5.73 Å². The van der Waals surface area contributed by atoms with Gasteiger partial charge in [0.1, 0.15) is 0 Å². The molecule has 1 unspecified atom stereocenters. The fourth-order valence-corrected chi connectivity index (χ4v) is 1.99. The molecule has 0 spiro atoms. The summed E-state index contributed by atoms with van der Waals surface area (Å²) in [6.45, 7) is 10.8. The number of nitrogens with zero attached hydrogens (tertiary/aromatic N) is 1. The van der Waals surface area contributed by atoms with E-state index in [1.54, 1.807) is 0 Å². The van der Waals surface area contributed by atoms with Gasteiger partial charge in [0.15, 0.2) is 0 Å². The molecule has 0 fully saturated rings. The SMILES string of the molecule is C=CCN(CC(CN)c1ccccc1)C(C)C. The van der Waals surface area contributed by atoms with Gasteiger partial charge in [-0.25, -0.2) is 0 Å². The molecule has 0 saturated carbocycles. The minimum absolute atomic E-state index is 0.401. The second-order valence-electron chi connectivity index (χ2n) is 4.68. The Morgan fingerprint density at radius 1 is 1.29 bits per heavy atom. The van der Waals surface area contributed by atoms with Crippen LogP contribution < -0.4 is 5.73 Å². The van der Waals surface area contributed by atoms with Gasteiger partial charge in [0.05, 0.1) is 0 Å². The Morgan fingerprint density at radius 2 is 1.94 bits per heavy atom. The molecule has 17 heavy (non-hydrogen) atoms. The Hall–Kier alpha value is -1.12. The minimum atomic E-state index is 0.401. The van der Waals surface area contributed by atoms with Crippen molar-refractivity contribution in [2.75, 3.05) is 19.6 Å². The lowest BCUT2D eigenvalue weighted by molar-refractivity contribution is 0.231. The summed E-state index contributed by atoms with van der Waals surface area (Å²) in [5.74, 6) is 0.401. The van der Waals surface area contributed by atoms with Crippen LogP contribution in [0.2, 0.25) is 0 Å². The Bertz CT molecular complexity index is 319. The van der Waals surface area contributed by atoms with Crippen molar-refractivity contribution in [2.24, 2.45) is 5.73 Å². The molecule has 0 aliphatic heterocycles. The summed E-state index contributed by atoms with van der Waals surface area (Å²) in [4.78, 5) is 2.40. The molecule has 1 aromatic rings. The average Bonchev–Trinajstić information content (AvgIpc) is 2.35. The summed E-state index contributed by atoms with van der Waals surface area (Å²) < 4.78 is 0. The molecule has 0 amide bonds. The van der Waals surface area contributed by atoms with Gasteiger partial charge in [-0.15, -0.1) is 6.58 Å². The van der Waals surface area contributed by atoms with E-state index in [1.807, 2.05) is 12.1 Å². The first-order valence-electron chi connectivity index (χ1n) is 6.29. The summed E-state index contributed by atoms with van der Waals surface area (Å²) in [5.41, 5.74) is 7.22. The lowest BCUT2D eigenvalue weighted by atomic mass is 9.98. The Morgan fingerprint density at radius 3 is 2.41 bits per heavy atom. The summed E-state index contributed by atoms with van der Waals surface area (Å²) >= 11 is 0. The van der Waals surface area contributed by atoms with E-state index < -0.39 is 0 Å². The first-order valence-corrected chi connectivity index (χ1v) is 6.29. The number of hydrogen-bond acceptors (Lipinski definition) is 2. The second kappa shape index (κ2) is 7.25. The summed E-state index contributed by atoms with van der Waals surface area (Å²) in [7, 11) is 0. The molecule has 0 heterocycles. The van der Waals surface area contributed by atoms with E-state index in [4.69, 9.17) is 5.73 Å². The summed E-state index contributed by atoms with van der Waals surface area (Å²) in [6.07, 6.45) is 1.96. The Kier molecular flexibility index (Phi) is 5.95. The van der Waals surface area contributed by atoms with Gasteiger partial charge >= 0.3 is 0 Å². The van der Waals surface area contributed by atoms with Crippen molar-refractivity contribution in [3.05, 3.63) is 48.6 Å². The molecule has 0 aliphatic carbocycles. The van der Waals surface area contributed by atoms with Crippen molar-refractivity contribution in [3.8, 4) is 0 Å². The molecule has 0 aliphatic rings. The Labute approximate surface area is 105 Å².